The van der Waals surface area contributed by atoms with Crippen molar-refractivity contribution in [3.05, 3.63) is 93.7 Å². The van der Waals surface area contributed by atoms with E-state index in [1.54, 1.807) is 42.5 Å². The first kappa shape index (κ1) is 21.2. The zero-order valence-electron chi connectivity index (χ0n) is 15.8. The molecule has 0 saturated heterocycles. The standard InChI is InChI=1S/C22H16BrFN2O4/c1-29-20-9-8-16(23)12-19(20)21(27)26-25-13-14-4-2-7-18(10-14)30-22(28)15-5-3-6-17(24)11-15/h2-13H,1H3,(H,26,27)/b25-13-. The monoisotopic (exact) mass is 470 g/mol. The van der Waals surface area contributed by atoms with Crippen LogP contribution in [0.4, 0.5) is 4.39 Å². The molecule has 0 bridgehead atoms. The molecule has 152 valence electrons. The first-order valence-electron chi connectivity index (χ1n) is 8.71. The Morgan fingerprint density at radius 3 is 2.63 bits per heavy atom. The number of ether oxygens (including phenoxy) is 2. The van der Waals surface area contributed by atoms with Crippen LogP contribution in [0.15, 0.2) is 76.3 Å². The third kappa shape index (κ3) is 5.51. The fourth-order valence-corrected chi connectivity index (χ4v) is 2.88. The number of nitrogens with zero attached hydrogens (tertiary/aromatic N) is 1. The highest BCUT2D eigenvalue weighted by Gasteiger charge is 2.12. The summed E-state index contributed by atoms with van der Waals surface area (Å²) in [6.07, 6.45) is 1.40. The molecule has 0 aliphatic rings. The van der Waals surface area contributed by atoms with E-state index in [1.165, 1.54) is 31.5 Å². The molecule has 0 radical (unpaired) electrons. The number of nitrogens with one attached hydrogen (secondary N) is 1. The molecule has 8 heteroatoms. The molecule has 30 heavy (non-hydrogen) atoms. The Morgan fingerprint density at radius 2 is 1.87 bits per heavy atom. The van der Waals surface area contributed by atoms with Crippen LogP contribution in [0.5, 0.6) is 11.5 Å². The highest BCUT2D eigenvalue weighted by Crippen LogP contribution is 2.22. The average Bonchev–Trinajstić information content (AvgIpc) is 2.74. The number of hydrazone groups is 1. The van der Waals surface area contributed by atoms with Crippen LogP contribution in [0.2, 0.25) is 0 Å². The van der Waals surface area contributed by atoms with Crippen LogP contribution < -0.4 is 14.9 Å². The molecule has 3 rings (SSSR count). The molecule has 0 atom stereocenters. The maximum atomic E-state index is 13.3. The van der Waals surface area contributed by atoms with Crippen molar-refractivity contribution in [1.82, 2.24) is 5.43 Å². The summed E-state index contributed by atoms with van der Waals surface area (Å²) in [6.45, 7) is 0. The quantitative estimate of drug-likeness (QED) is 0.247. The summed E-state index contributed by atoms with van der Waals surface area (Å²) in [6, 6.07) is 16.8. The molecule has 0 heterocycles. The SMILES string of the molecule is COc1ccc(Br)cc1C(=O)N/N=C\c1cccc(OC(=O)c2cccc(F)c2)c1. The molecule has 3 aromatic rings. The lowest BCUT2D eigenvalue weighted by molar-refractivity contribution is 0.0734. The van der Waals surface area contributed by atoms with E-state index in [-0.39, 0.29) is 11.3 Å². The van der Waals surface area contributed by atoms with Gasteiger partial charge >= 0.3 is 5.97 Å². The Balaban J connectivity index is 1.66. The average molecular weight is 471 g/mol. The lowest BCUT2D eigenvalue weighted by Crippen LogP contribution is -2.18. The molecule has 0 unspecified atom stereocenters. The number of carbonyl (C=O) groups is 2. The van der Waals surface area contributed by atoms with Gasteiger partial charge in [0.25, 0.3) is 5.91 Å². The van der Waals surface area contributed by atoms with Gasteiger partial charge in [0, 0.05) is 4.47 Å². The van der Waals surface area contributed by atoms with Gasteiger partial charge in [-0.25, -0.2) is 14.6 Å². The molecule has 0 aromatic heterocycles. The Morgan fingerprint density at radius 1 is 1.07 bits per heavy atom. The van der Waals surface area contributed by atoms with E-state index in [1.807, 2.05) is 0 Å². The van der Waals surface area contributed by atoms with Gasteiger partial charge in [-0.1, -0.05) is 34.1 Å². The second-order valence-corrected chi connectivity index (χ2v) is 6.93. The summed E-state index contributed by atoms with van der Waals surface area (Å²) >= 11 is 3.31. The van der Waals surface area contributed by atoms with Gasteiger partial charge < -0.3 is 9.47 Å². The lowest BCUT2D eigenvalue weighted by Gasteiger charge is -2.07. The number of hydrogen-bond acceptors (Lipinski definition) is 5. The van der Waals surface area contributed by atoms with Crippen molar-refractivity contribution in [2.24, 2.45) is 5.10 Å². The molecule has 0 spiro atoms. The Kier molecular flexibility index (Phi) is 6.92. The van der Waals surface area contributed by atoms with Crippen molar-refractivity contribution in [3.8, 4) is 11.5 Å². The summed E-state index contributed by atoms with van der Waals surface area (Å²) in [5.41, 5.74) is 3.43. The van der Waals surface area contributed by atoms with Crippen LogP contribution in [-0.2, 0) is 0 Å². The van der Waals surface area contributed by atoms with Crippen LogP contribution in [0.1, 0.15) is 26.3 Å². The predicted molar refractivity (Wildman–Crippen MR) is 114 cm³/mol. The summed E-state index contributed by atoms with van der Waals surface area (Å²) < 4.78 is 24.4. The summed E-state index contributed by atoms with van der Waals surface area (Å²) in [5.74, 6) is -0.981. The number of benzene rings is 3. The van der Waals surface area contributed by atoms with Crippen LogP contribution in [0.25, 0.3) is 0 Å². The van der Waals surface area contributed by atoms with Crippen LogP contribution in [0, 0.1) is 5.82 Å². The molecule has 6 nitrogen and oxygen atoms in total. The highest BCUT2D eigenvalue weighted by atomic mass is 79.9. The molecule has 0 aliphatic carbocycles. The minimum Gasteiger partial charge on any atom is -0.496 e. The maximum absolute atomic E-state index is 13.3. The molecule has 0 aliphatic heterocycles. The van der Waals surface area contributed by atoms with Crippen molar-refractivity contribution < 1.29 is 23.5 Å². The molecule has 0 fully saturated rings. The van der Waals surface area contributed by atoms with Crippen LogP contribution >= 0.6 is 15.9 Å². The Bertz CT molecular complexity index is 1120. The van der Waals surface area contributed by atoms with Gasteiger partial charge in [-0.3, -0.25) is 4.79 Å². The van der Waals surface area contributed by atoms with E-state index < -0.39 is 17.7 Å². The second kappa shape index (κ2) is 9.80. The number of rotatable bonds is 6. The van der Waals surface area contributed by atoms with Crippen LogP contribution in [0.3, 0.4) is 0 Å². The Hall–Kier alpha value is -3.52. The van der Waals surface area contributed by atoms with Gasteiger partial charge in [0.05, 0.1) is 24.5 Å². The summed E-state index contributed by atoms with van der Waals surface area (Å²) in [7, 11) is 1.47. The zero-order chi connectivity index (χ0) is 21.5. The molecule has 1 amide bonds. The van der Waals surface area contributed by atoms with Crippen molar-refractivity contribution in [3.63, 3.8) is 0 Å². The Labute approximate surface area is 180 Å². The first-order chi connectivity index (χ1) is 14.5. The molecule has 0 saturated carbocycles. The number of carbonyl (C=O) groups excluding carboxylic acids is 2. The van der Waals surface area contributed by atoms with E-state index in [2.05, 4.69) is 26.5 Å². The minimum absolute atomic E-state index is 0.101. The fourth-order valence-electron chi connectivity index (χ4n) is 2.52. The molecule has 3 aromatic carbocycles. The van der Waals surface area contributed by atoms with E-state index in [4.69, 9.17) is 9.47 Å². The third-order valence-electron chi connectivity index (χ3n) is 3.91. The van der Waals surface area contributed by atoms with Crippen molar-refractivity contribution >= 4 is 34.0 Å². The number of halogens is 2. The number of esters is 1. The van der Waals surface area contributed by atoms with E-state index in [0.29, 0.717) is 16.9 Å². The second-order valence-electron chi connectivity index (χ2n) is 6.02. The van der Waals surface area contributed by atoms with E-state index >= 15 is 0 Å². The third-order valence-corrected chi connectivity index (χ3v) is 4.41. The normalized spacial score (nSPS) is 10.6. The first-order valence-corrected chi connectivity index (χ1v) is 9.50. The summed E-state index contributed by atoms with van der Waals surface area (Å²) in [4.78, 5) is 24.5. The fraction of sp³-hybridized carbons (Fsp3) is 0.0455. The molecular formula is C22H16BrFN2O4. The highest BCUT2D eigenvalue weighted by molar-refractivity contribution is 9.10. The smallest absolute Gasteiger partial charge is 0.343 e. The lowest BCUT2D eigenvalue weighted by atomic mass is 10.2. The van der Waals surface area contributed by atoms with Crippen molar-refractivity contribution in [2.75, 3.05) is 7.11 Å². The molecule has 1 N–H and O–H groups in total. The van der Waals surface area contributed by atoms with Gasteiger partial charge in [-0.05, 0) is 54.1 Å². The molecular weight excluding hydrogens is 455 g/mol. The van der Waals surface area contributed by atoms with Gasteiger partial charge in [-0.15, -0.1) is 0 Å². The summed E-state index contributed by atoms with van der Waals surface area (Å²) in [5, 5.41) is 3.93. The number of methoxy groups -OCH3 is 1. The van der Waals surface area contributed by atoms with E-state index in [0.717, 1.165) is 10.5 Å². The van der Waals surface area contributed by atoms with Gasteiger partial charge in [-0.2, -0.15) is 5.10 Å². The van der Waals surface area contributed by atoms with Crippen molar-refractivity contribution in [1.29, 1.82) is 0 Å². The van der Waals surface area contributed by atoms with Gasteiger partial charge in [0.1, 0.15) is 17.3 Å². The topological polar surface area (TPSA) is 77.0 Å². The minimum atomic E-state index is -0.682. The predicted octanol–water partition coefficient (Wildman–Crippen LogP) is 4.58. The van der Waals surface area contributed by atoms with Crippen molar-refractivity contribution in [2.45, 2.75) is 0 Å². The van der Waals surface area contributed by atoms with E-state index in [9.17, 15) is 14.0 Å². The largest absolute Gasteiger partial charge is 0.496 e. The maximum Gasteiger partial charge on any atom is 0.343 e. The number of amides is 1. The van der Waals surface area contributed by atoms with Crippen LogP contribution in [-0.4, -0.2) is 25.2 Å². The number of hydrogen-bond donors (Lipinski definition) is 1. The van der Waals surface area contributed by atoms with Gasteiger partial charge in [0.15, 0.2) is 0 Å². The zero-order valence-corrected chi connectivity index (χ0v) is 17.4. The van der Waals surface area contributed by atoms with Gasteiger partial charge in [0.2, 0.25) is 0 Å².